The molecule has 11 nitrogen and oxygen atoms in total. The SMILES string of the molecule is C=C(C)C(=O)OCCc1ccc(N(c2ccc(CCOC(=O)C(=C)C)cc2)c2ccc(Oc3ccc(N(c4ccc(CCOC(=O)C(=C)C)cc4)c4ccc(CCOC(=O)C(C)(C)C)cc4)cc3)cc2)cc1. The van der Waals surface area contributed by atoms with Gasteiger partial charge in [-0.1, -0.05) is 68.3 Å². The normalized spacial score (nSPS) is 10.9. The van der Waals surface area contributed by atoms with Crippen molar-refractivity contribution in [3.63, 3.8) is 0 Å². The molecule has 0 aromatic heterocycles. The Hall–Kier alpha value is -8.18. The van der Waals surface area contributed by atoms with Gasteiger partial charge in [0.2, 0.25) is 0 Å². The van der Waals surface area contributed by atoms with Gasteiger partial charge < -0.3 is 33.5 Å². The zero-order chi connectivity index (χ0) is 51.8. The molecule has 0 fully saturated rings. The maximum Gasteiger partial charge on any atom is 0.333 e. The van der Waals surface area contributed by atoms with Gasteiger partial charge in [0.1, 0.15) is 11.5 Å². The molecule has 0 aliphatic heterocycles. The minimum atomic E-state index is -0.562. The Morgan fingerprint density at radius 1 is 0.375 bits per heavy atom. The predicted molar refractivity (Wildman–Crippen MR) is 285 cm³/mol. The maximum absolute atomic E-state index is 12.3. The number of hydrogen-bond donors (Lipinski definition) is 0. The van der Waals surface area contributed by atoms with Crippen LogP contribution < -0.4 is 14.5 Å². The van der Waals surface area contributed by atoms with E-state index < -0.39 is 23.3 Å². The highest BCUT2D eigenvalue weighted by atomic mass is 16.5. The molecule has 0 spiro atoms. The van der Waals surface area contributed by atoms with Crippen LogP contribution >= 0.6 is 0 Å². The van der Waals surface area contributed by atoms with Gasteiger partial charge in [0.05, 0.1) is 31.8 Å². The second-order valence-corrected chi connectivity index (χ2v) is 18.6. The molecule has 0 N–H and O–H groups in total. The molecule has 0 saturated heterocycles. The van der Waals surface area contributed by atoms with Gasteiger partial charge in [-0.3, -0.25) is 4.79 Å². The molecule has 0 atom stereocenters. The van der Waals surface area contributed by atoms with Crippen LogP contribution in [0.3, 0.4) is 0 Å². The molecule has 0 amide bonds. The van der Waals surface area contributed by atoms with Gasteiger partial charge in [0.15, 0.2) is 0 Å². The lowest BCUT2D eigenvalue weighted by Gasteiger charge is -2.26. The number of ether oxygens (including phenoxy) is 5. The second kappa shape index (κ2) is 25.1. The van der Waals surface area contributed by atoms with Crippen LogP contribution in [0.25, 0.3) is 0 Å². The van der Waals surface area contributed by atoms with E-state index in [0.29, 0.717) is 60.5 Å². The summed E-state index contributed by atoms with van der Waals surface area (Å²) in [6, 6.07) is 48.4. The Labute approximate surface area is 424 Å². The van der Waals surface area contributed by atoms with Gasteiger partial charge in [-0.25, -0.2) is 14.4 Å². The number of anilines is 6. The summed E-state index contributed by atoms with van der Waals surface area (Å²) in [6.45, 7) is 22.4. The highest BCUT2D eigenvalue weighted by Crippen LogP contribution is 2.39. The third-order valence-electron chi connectivity index (χ3n) is 11.4. The van der Waals surface area contributed by atoms with Crippen molar-refractivity contribution < 1.29 is 42.9 Å². The van der Waals surface area contributed by atoms with Crippen LogP contribution in [0.1, 0.15) is 63.8 Å². The van der Waals surface area contributed by atoms with Gasteiger partial charge in [-0.05, 0) is 161 Å². The Bertz CT molecular complexity index is 2750. The van der Waals surface area contributed by atoms with E-state index in [1.54, 1.807) is 20.8 Å². The molecule has 0 radical (unpaired) electrons. The fourth-order valence-electron chi connectivity index (χ4n) is 7.24. The van der Waals surface area contributed by atoms with E-state index in [1.165, 1.54) is 0 Å². The lowest BCUT2D eigenvalue weighted by molar-refractivity contribution is -0.152. The smallest absolute Gasteiger partial charge is 0.333 e. The summed E-state index contributed by atoms with van der Waals surface area (Å²) in [6.07, 6.45) is 2.28. The molecular weight excluding hydrogens is 905 g/mol. The summed E-state index contributed by atoms with van der Waals surface area (Å²) in [7, 11) is 0. The first-order chi connectivity index (χ1) is 34.4. The lowest BCUT2D eigenvalue weighted by atomic mass is 9.97. The minimum Gasteiger partial charge on any atom is -0.465 e. The van der Waals surface area contributed by atoms with Crippen molar-refractivity contribution in [1.82, 2.24) is 0 Å². The Morgan fingerprint density at radius 2 is 0.597 bits per heavy atom. The van der Waals surface area contributed by atoms with Gasteiger partial charge in [-0.15, -0.1) is 0 Å². The van der Waals surface area contributed by atoms with E-state index >= 15 is 0 Å². The van der Waals surface area contributed by atoms with Crippen molar-refractivity contribution in [2.24, 2.45) is 5.41 Å². The number of rotatable bonds is 23. The van der Waals surface area contributed by atoms with Crippen molar-refractivity contribution >= 4 is 58.0 Å². The summed E-state index contributed by atoms with van der Waals surface area (Å²) in [5.74, 6) is -0.146. The second-order valence-electron chi connectivity index (χ2n) is 18.6. The molecule has 0 saturated carbocycles. The number of esters is 4. The van der Waals surface area contributed by atoms with Crippen molar-refractivity contribution in [3.05, 3.63) is 204 Å². The highest BCUT2D eigenvalue weighted by Gasteiger charge is 2.23. The van der Waals surface area contributed by atoms with E-state index in [0.717, 1.165) is 56.4 Å². The summed E-state index contributed by atoms with van der Waals surface area (Å²) >= 11 is 0. The molecule has 6 rings (SSSR count). The van der Waals surface area contributed by atoms with Gasteiger partial charge in [0, 0.05) is 76.5 Å². The van der Waals surface area contributed by atoms with Crippen LogP contribution in [0.2, 0.25) is 0 Å². The van der Waals surface area contributed by atoms with Crippen LogP contribution in [-0.2, 0) is 63.8 Å². The Kier molecular flexibility index (Phi) is 18.5. The van der Waals surface area contributed by atoms with E-state index in [-0.39, 0.29) is 25.8 Å². The van der Waals surface area contributed by atoms with E-state index in [2.05, 4.69) is 41.7 Å². The van der Waals surface area contributed by atoms with Crippen LogP contribution in [0.15, 0.2) is 182 Å². The maximum atomic E-state index is 12.3. The largest absolute Gasteiger partial charge is 0.465 e. The first-order valence-electron chi connectivity index (χ1n) is 23.9. The molecule has 0 unspecified atom stereocenters. The van der Waals surface area contributed by atoms with Crippen molar-refractivity contribution in [2.45, 2.75) is 67.2 Å². The van der Waals surface area contributed by atoms with Crippen molar-refractivity contribution in [2.75, 3.05) is 36.2 Å². The Balaban J connectivity index is 1.20. The fraction of sp³-hybridized carbons (Fsp3) is 0.246. The summed E-state index contributed by atoms with van der Waals surface area (Å²) in [5.41, 5.74) is 10.1. The average Bonchev–Trinajstić information content (AvgIpc) is 3.36. The number of benzene rings is 6. The summed E-state index contributed by atoms with van der Waals surface area (Å²) in [4.78, 5) is 52.4. The number of carbonyl (C=O) groups excluding carboxylic acids is 4. The van der Waals surface area contributed by atoms with E-state index in [4.69, 9.17) is 23.7 Å². The van der Waals surface area contributed by atoms with E-state index in [1.807, 2.05) is 154 Å². The summed E-state index contributed by atoms with van der Waals surface area (Å²) < 4.78 is 27.9. The minimum absolute atomic E-state index is 0.229. The van der Waals surface area contributed by atoms with Crippen molar-refractivity contribution in [1.29, 1.82) is 0 Å². The monoisotopic (exact) mass is 968 g/mol. The topological polar surface area (TPSA) is 121 Å². The predicted octanol–water partition coefficient (Wildman–Crippen LogP) is 13.5. The number of hydrogen-bond acceptors (Lipinski definition) is 11. The van der Waals surface area contributed by atoms with Crippen LogP contribution in [-0.4, -0.2) is 50.3 Å². The molecule has 11 heteroatoms. The molecule has 6 aromatic rings. The molecule has 0 bridgehead atoms. The quantitative estimate of drug-likeness (QED) is 0.0347. The lowest BCUT2D eigenvalue weighted by Crippen LogP contribution is -2.23. The molecule has 6 aromatic carbocycles. The van der Waals surface area contributed by atoms with Crippen molar-refractivity contribution in [3.8, 4) is 11.5 Å². The highest BCUT2D eigenvalue weighted by molar-refractivity contribution is 5.88. The molecular formula is C61H64N2O9. The first kappa shape index (κ1) is 53.2. The van der Waals surface area contributed by atoms with Crippen LogP contribution in [0, 0.1) is 5.41 Å². The Morgan fingerprint density at radius 3 is 0.819 bits per heavy atom. The zero-order valence-corrected chi connectivity index (χ0v) is 42.2. The third-order valence-corrected chi connectivity index (χ3v) is 11.4. The molecule has 0 aliphatic carbocycles. The van der Waals surface area contributed by atoms with Crippen LogP contribution in [0.5, 0.6) is 11.5 Å². The number of nitrogens with zero attached hydrogens (tertiary/aromatic N) is 2. The molecule has 0 heterocycles. The van der Waals surface area contributed by atoms with Gasteiger partial charge >= 0.3 is 23.9 Å². The van der Waals surface area contributed by atoms with Crippen LogP contribution in [0.4, 0.5) is 34.1 Å². The van der Waals surface area contributed by atoms with Gasteiger partial charge in [-0.2, -0.15) is 0 Å². The standard InChI is InChI=1S/C61H64N2O9/c1-42(2)57(64)68-38-34-45-10-18-49(19-11-45)62(50-20-12-46(13-21-50)35-39-69-58(65)43(3)4)53-26-30-55(31-27-53)72-56-32-28-54(29-33-56)63(51-22-14-47(15-23-51)36-40-70-59(66)44(5)6)52-24-16-48(17-25-52)37-41-71-60(67)61(7,8)9/h10-33H,1,3,5,34-41H2,2,4,6-9H3. The number of carbonyl (C=O) groups is 4. The molecule has 372 valence electrons. The van der Waals surface area contributed by atoms with Gasteiger partial charge in [0.25, 0.3) is 0 Å². The third kappa shape index (κ3) is 15.4. The fourth-order valence-corrected chi connectivity index (χ4v) is 7.24. The summed E-state index contributed by atoms with van der Waals surface area (Å²) in [5, 5.41) is 0. The zero-order valence-electron chi connectivity index (χ0n) is 42.2. The van der Waals surface area contributed by atoms with E-state index in [9.17, 15) is 19.2 Å². The molecule has 0 aliphatic rings. The molecule has 72 heavy (non-hydrogen) atoms. The first-order valence-corrected chi connectivity index (χ1v) is 23.9. The average molecular weight is 969 g/mol.